The number of Topliss-reactive ketones (excluding diaryl/α,β-unsaturated/α-hetero) is 1. The summed E-state index contributed by atoms with van der Waals surface area (Å²) in [6.07, 6.45) is -6.13. The highest BCUT2D eigenvalue weighted by atomic mass is 16.6. The van der Waals surface area contributed by atoms with Crippen LogP contribution in [0.25, 0.3) is 0 Å². The van der Waals surface area contributed by atoms with E-state index in [0.717, 1.165) is 0 Å². The van der Waals surface area contributed by atoms with Gasteiger partial charge in [-0.1, -0.05) is 0 Å². The molecule has 4 atom stereocenters. The first-order chi connectivity index (χ1) is 5.57. The van der Waals surface area contributed by atoms with Crippen molar-refractivity contribution in [2.45, 2.75) is 24.6 Å². The summed E-state index contributed by atoms with van der Waals surface area (Å²) in [5.41, 5.74) is 0. The van der Waals surface area contributed by atoms with Gasteiger partial charge in [0.15, 0.2) is 18.2 Å². The van der Waals surface area contributed by atoms with Crippen LogP contribution in [0.1, 0.15) is 0 Å². The molecule has 70 valence electrons. The SMILES string of the molecule is O=C1[C@@H](O)[C@H](O)O[C@H](CO)[C@@H]1O. The van der Waals surface area contributed by atoms with Crippen molar-refractivity contribution in [1.82, 2.24) is 0 Å². The van der Waals surface area contributed by atoms with Gasteiger partial charge in [0.25, 0.3) is 0 Å². The van der Waals surface area contributed by atoms with E-state index in [0.29, 0.717) is 0 Å². The van der Waals surface area contributed by atoms with E-state index in [1.165, 1.54) is 0 Å². The molecule has 1 rings (SSSR count). The first-order valence-electron chi connectivity index (χ1n) is 3.42. The van der Waals surface area contributed by atoms with E-state index in [2.05, 4.69) is 4.74 Å². The fraction of sp³-hybridized carbons (Fsp3) is 0.833. The molecule has 4 N–H and O–H groups in total. The van der Waals surface area contributed by atoms with Gasteiger partial charge in [-0.15, -0.1) is 0 Å². The maximum Gasteiger partial charge on any atom is 0.197 e. The monoisotopic (exact) mass is 178 g/mol. The first kappa shape index (κ1) is 9.56. The fourth-order valence-electron chi connectivity index (χ4n) is 0.969. The Hall–Kier alpha value is -0.530. The zero-order valence-electron chi connectivity index (χ0n) is 6.12. The van der Waals surface area contributed by atoms with Gasteiger partial charge in [-0.2, -0.15) is 0 Å². The molecule has 1 fully saturated rings. The Kier molecular flexibility index (Phi) is 2.76. The average molecular weight is 178 g/mol. The van der Waals surface area contributed by atoms with Crippen molar-refractivity contribution in [3.8, 4) is 0 Å². The summed E-state index contributed by atoms with van der Waals surface area (Å²) in [7, 11) is 0. The van der Waals surface area contributed by atoms with Crippen molar-refractivity contribution in [3.05, 3.63) is 0 Å². The van der Waals surface area contributed by atoms with Crippen molar-refractivity contribution in [2.24, 2.45) is 0 Å². The summed E-state index contributed by atoms with van der Waals surface area (Å²) in [4.78, 5) is 10.9. The molecule has 0 saturated carbocycles. The van der Waals surface area contributed by atoms with Crippen LogP contribution in [-0.4, -0.2) is 57.4 Å². The molecule has 12 heavy (non-hydrogen) atoms. The molecule has 1 saturated heterocycles. The number of aliphatic hydroxyl groups is 4. The highest BCUT2D eigenvalue weighted by Gasteiger charge is 2.42. The number of carbonyl (C=O) groups excluding carboxylic acids is 1. The summed E-state index contributed by atoms with van der Waals surface area (Å²) in [6, 6.07) is 0. The molecule has 1 heterocycles. The van der Waals surface area contributed by atoms with Gasteiger partial charge in [0, 0.05) is 0 Å². The maximum absolute atomic E-state index is 10.9. The Morgan fingerprint density at radius 2 is 1.83 bits per heavy atom. The van der Waals surface area contributed by atoms with Gasteiger partial charge in [0.1, 0.15) is 12.2 Å². The molecule has 0 aromatic carbocycles. The molecular formula is C6H10O6. The number of hydrogen-bond donors (Lipinski definition) is 4. The second kappa shape index (κ2) is 3.46. The van der Waals surface area contributed by atoms with Crippen molar-refractivity contribution in [1.29, 1.82) is 0 Å². The predicted molar refractivity (Wildman–Crippen MR) is 35.0 cm³/mol. The summed E-state index contributed by atoms with van der Waals surface area (Å²) in [5.74, 6) is -0.937. The van der Waals surface area contributed by atoms with Crippen LogP contribution in [0.3, 0.4) is 0 Å². The minimum atomic E-state index is -1.73. The zero-order chi connectivity index (χ0) is 9.30. The molecule has 6 nitrogen and oxygen atoms in total. The lowest BCUT2D eigenvalue weighted by molar-refractivity contribution is -0.238. The van der Waals surface area contributed by atoms with Gasteiger partial charge in [-0.25, -0.2) is 0 Å². The molecule has 0 aromatic rings. The molecule has 1 aliphatic rings. The van der Waals surface area contributed by atoms with Crippen molar-refractivity contribution in [2.75, 3.05) is 6.61 Å². The van der Waals surface area contributed by atoms with Crippen molar-refractivity contribution in [3.63, 3.8) is 0 Å². The number of ketones is 1. The predicted octanol–water partition coefficient (Wildman–Crippen LogP) is -3.01. The fourth-order valence-corrected chi connectivity index (χ4v) is 0.969. The first-order valence-corrected chi connectivity index (χ1v) is 3.42. The van der Waals surface area contributed by atoms with E-state index in [1.54, 1.807) is 0 Å². The smallest absolute Gasteiger partial charge is 0.197 e. The van der Waals surface area contributed by atoms with Gasteiger partial charge in [-0.05, 0) is 0 Å². The Balaban J connectivity index is 2.70. The molecular weight excluding hydrogens is 168 g/mol. The van der Waals surface area contributed by atoms with Gasteiger partial charge in [-0.3, -0.25) is 4.79 Å². The normalized spacial score (nSPS) is 43.2. The Morgan fingerprint density at radius 3 is 2.33 bits per heavy atom. The van der Waals surface area contributed by atoms with Crippen LogP contribution in [0, 0.1) is 0 Å². The largest absolute Gasteiger partial charge is 0.394 e. The lowest BCUT2D eigenvalue weighted by atomic mass is 10.0. The van der Waals surface area contributed by atoms with E-state index in [4.69, 9.17) is 20.4 Å². The molecule has 0 aliphatic carbocycles. The molecule has 0 unspecified atom stereocenters. The van der Waals surface area contributed by atoms with Crippen LogP contribution in [0.4, 0.5) is 0 Å². The lowest BCUT2D eigenvalue weighted by Gasteiger charge is -2.32. The van der Waals surface area contributed by atoms with Gasteiger partial charge in [0.2, 0.25) is 0 Å². The Labute approximate surface area is 68.0 Å². The zero-order valence-corrected chi connectivity index (χ0v) is 6.12. The summed E-state index contributed by atoms with van der Waals surface area (Å²) in [6.45, 7) is -0.587. The molecule has 0 bridgehead atoms. The summed E-state index contributed by atoms with van der Waals surface area (Å²) >= 11 is 0. The Bertz CT molecular complexity index is 181. The standard InChI is InChI=1S/C6H10O6/c7-1-2-3(8)4(9)5(10)6(11)12-2/h2-3,5-8,10-11H,1H2/t2-,3+,5-,6-/m1/s1. The number of hydrogen-bond acceptors (Lipinski definition) is 6. The van der Waals surface area contributed by atoms with Gasteiger partial charge in [0.05, 0.1) is 6.61 Å². The van der Waals surface area contributed by atoms with E-state index in [-0.39, 0.29) is 0 Å². The van der Waals surface area contributed by atoms with Crippen LogP contribution in [0.15, 0.2) is 0 Å². The molecule has 1 aliphatic heterocycles. The summed E-state index contributed by atoms with van der Waals surface area (Å²) in [5, 5.41) is 35.3. The maximum atomic E-state index is 10.9. The van der Waals surface area contributed by atoms with E-state index in [9.17, 15) is 4.79 Å². The minimum Gasteiger partial charge on any atom is -0.394 e. The highest BCUT2D eigenvalue weighted by Crippen LogP contribution is 2.15. The van der Waals surface area contributed by atoms with Crippen LogP contribution in [0.2, 0.25) is 0 Å². The number of ether oxygens (including phenoxy) is 1. The third-order valence-corrected chi connectivity index (χ3v) is 1.70. The van der Waals surface area contributed by atoms with E-state index in [1.807, 2.05) is 0 Å². The van der Waals surface area contributed by atoms with Crippen molar-refractivity contribution >= 4 is 5.78 Å². The third kappa shape index (κ3) is 1.47. The molecule has 0 radical (unpaired) electrons. The molecule has 6 heteroatoms. The van der Waals surface area contributed by atoms with Crippen molar-refractivity contribution < 1.29 is 30.0 Å². The topological polar surface area (TPSA) is 107 Å². The number of rotatable bonds is 1. The number of aliphatic hydroxyl groups excluding tert-OH is 4. The van der Waals surface area contributed by atoms with Crippen LogP contribution < -0.4 is 0 Å². The third-order valence-electron chi connectivity index (χ3n) is 1.70. The second-order valence-corrected chi connectivity index (χ2v) is 2.54. The summed E-state index contributed by atoms with van der Waals surface area (Å²) < 4.78 is 4.52. The number of carbonyl (C=O) groups is 1. The minimum absolute atomic E-state index is 0.587. The van der Waals surface area contributed by atoms with Gasteiger partial charge >= 0.3 is 0 Å². The van der Waals surface area contributed by atoms with E-state index >= 15 is 0 Å². The molecule has 0 spiro atoms. The Morgan fingerprint density at radius 1 is 1.25 bits per heavy atom. The van der Waals surface area contributed by atoms with Gasteiger partial charge < -0.3 is 25.2 Å². The average Bonchev–Trinajstić information content (AvgIpc) is 2.08. The van der Waals surface area contributed by atoms with Crippen LogP contribution in [-0.2, 0) is 9.53 Å². The highest BCUT2D eigenvalue weighted by molar-refractivity contribution is 5.88. The quantitative estimate of drug-likeness (QED) is 0.340. The molecule has 0 amide bonds. The second-order valence-electron chi connectivity index (χ2n) is 2.54. The van der Waals surface area contributed by atoms with Crippen LogP contribution >= 0.6 is 0 Å². The van der Waals surface area contributed by atoms with E-state index < -0.39 is 37.0 Å². The van der Waals surface area contributed by atoms with Crippen LogP contribution in [0.5, 0.6) is 0 Å². The molecule has 0 aromatic heterocycles. The lowest BCUT2D eigenvalue weighted by Crippen LogP contribution is -2.55.